The van der Waals surface area contributed by atoms with Gasteiger partial charge in [-0.25, -0.2) is 0 Å². The van der Waals surface area contributed by atoms with Gasteiger partial charge in [0.25, 0.3) is 0 Å². The Labute approximate surface area is 104 Å². The van der Waals surface area contributed by atoms with Crippen LogP contribution in [0.1, 0.15) is 30.7 Å². The lowest BCUT2D eigenvalue weighted by Gasteiger charge is -2.26. The van der Waals surface area contributed by atoms with Crippen LogP contribution < -0.4 is 0 Å². The molecule has 1 aromatic rings. The molecule has 2 atom stereocenters. The SMILES string of the molecule is CCC(c1cccs1)N1CC(C(=O)O)CC1=O. The van der Waals surface area contributed by atoms with Crippen LogP contribution >= 0.6 is 11.3 Å². The lowest BCUT2D eigenvalue weighted by Crippen LogP contribution is -2.30. The van der Waals surface area contributed by atoms with Gasteiger partial charge in [-0.05, 0) is 17.9 Å². The molecule has 1 aliphatic rings. The van der Waals surface area contributed by atoms with E-state index in [1.807, 2.05) is 24.4 Å². The van der Waals surface area contributed by atoms with Crippen molar-refractivity contribution in [2.45, 2.75) is 25.8 Å². The first kappa shape index (κ1) is 12.1. The van der Waals surface area contributed by atoms with Gasteiger partial charge in [-0.3, -0.25) is 9.59 Å². The minimum Gasteiger partial charge on any atom is -0.481 e. The molecule has 1 aliphatic heterocycles. The molecule has 5 heteroatoms. The predicted molar refractivity (Wildman–Crippen MR) is 64.8 cm³/mol. The molecular formula is C12H15NO3S. The first-order valence-corrected chi connectivity index (χ1v) is 6.57. The molecular weight excluding hydrogens is 238 g/mol. The first-order valence-electron chi connectivity index (χ1n) is 5.69. The molecule has 0 bridgehead atoms. The Kier molecular flexibility index (Phi) is 3.47. The van der Waals surface area contributed by atoms with E-state index in [9.17, 15) is 9.59 Å². The molecule has 2 heterocycles. The summed E-state index contributed by atoms with van der Waals surface area (Å²) in [6, 6.07) is 3.99. The van der Waals surface area contributed by atoms with Crippen molar-refractivity contribution >= 4 is 23.2 Å². The number of carboxylic acid groups (broad SMARTS) is 1. The fourth-order valence-electron chi connectivity index (χ4n) is 2.25. The van der Waals surface area contributed by atoms with Gasteiger partial charge >= 0.3 is 5.97 Å². The van der Waals surface area contributed by atoms with Crippen LogP contribution in [0.5, 0.6) is 0 Å². The third kappa shape index (κ3) is 2.34. The lowest BCUT2D eigenvalue weighted by molar-refractivity contribution is -0.141. The van der Waals surface area contributed by atoms with Crippen LogP contribution in [0, 0.1) is 5.92 Å². The van der Waals surface area contributed by atoms with Crippen molar-refractivity contribution in [3.05, 3.63) is 22.4 Å². The van der Waals surface area contributed by atoms with Gasteiger partial charge < -0.3 is 10.0 Å². The number of nitrogens with zero attached hydrogens (tertiary/aromatic N) is 1. The largest absolute Gasteiger partial charge is 0.481 e. The van der Waals surface area contributed by atoms with Gasteiger partial charge in [-0.1, -0.05) is 13.0 Å². The summed E-state index contributed by atoms with van der Waals surface area (Å²) in [5, 5.41) is 10.9. The van der Waals surface area contributed by atoms with E-state index in [1.165, 1.54) is 0 Å². The topological polar surface area (TPSA) is 57.6 Å². The van der Waals surface area contributed by atoms with E-state index in [0.717, 1.165) is 11.3 Å². The van der Waals surface area contributed by atoms with Crippen LogP contribution in [-0.2, 0) is 9.59 Å². The van der Waals surface area contributed by atoms with Crippen LogP contribution in [-0.4, -0.2) is 28.4 Å². The van der Waals surface area contributed by atoms with E-state index < -0.39 is 11.9 Å². The second-order valence-corrected chi connectivity index (χ2v) is 5.20. The smallest absolute Gasteiger partial charge is 0.308 e. The standard InChI is InChI=1S/C12H15NO3S/c1-2-9(10-4-3-5-17-10)13-7-8(12(15)16)6-11(13)14/h3-5,8-9H,2,6-7H2,1H3,(H,15,16). The molecule has 2 unspecified atom stereocenters. The van der Waals surface area contributed by atoms with Crippen LogP contribution in [0.4, 0.5) is 0 Å². The molecule has 0 radical (unpaired) electrons. The molecule has 4 nitrogen and oxygen atoms in total. The van der Waals surface area contributed by atoms with Gasteiger partial charge in [0.15, 0.2) is 0 Å². The van der Waals surface area contributed by atoms with Crippen LogP contribution in [0.25, 0.3) is 0 Å². The Balaban J connectivity index is 2.16. The minimum absolute atomic E-state index is 0.0341. The zero-order valence-corrected chi connectivity index (χ0v) is 10.4. The van der Waals surface area contributed by atoms with E-state index in [0.29, 0.717) is 6.54 Å². The van der Waals surface area contributed by atoms with Gasteiger partial charge in [0.2, 0.25) is 5.91 Å². The molecule has 1 N–H and O–H groups in total. The second-order valence-electron chi connectivity index (χ2n) is 4.22. The number of carbonyl (C=O) groups excluding carboxylic acids is 1. The van der Waals surface area contributed by atoms with Crippen molar-refractivity contribution in [3.8, 4) is 0 Å². The summed E-state index contributed by atoms with van der Waals surface area (Å²) in [6.45, 7) is 2.36. The highest BCUT2D eigenvalue weighted by atomic mass is 32.1. The van der Waals surface area contributed by atoms with Gasteiger partial charge in [0, 0.05) is 17.8 Å². The number of rotatable bonds is 4. The van der Waals surface area contributed by atoms with Gasteiger partial charge in [-0.15, -0.1) is 11.3 Å². The summed E-state index contributed by atoms with van der Waals surface area (Å²) in [6.07, 6.45) is 0.954. The number of carbonyl (C=O) groups is 2. The van der Waals surface area contributed by atoms with Crippen molar-refractivity contribution in [1.29, 1.82) is 0 Å². The highest BCUT2D eigenvalue weighted by Gasteiger charge is 2.38. The molecule has 0 spiro atoms. The summed E-state index contributed by atoms with van der Waals surface area (Å²) in [5.41, 5.74) is 0. The number of thiophene rings is 1. The third-order valence-electron chi connectivity index (χ3n) is 3.14. The molecule has 0 saturated carbocycles. The Morgan fingerprint density at radius 3 is 2.94 bits per heavy atom. The quantitative estimate of drug-likeness (QED) is 0.894. The Morgan fingerprint density at radius 2 is 2.47 bits per heavy atom. The maximum Gasteiger partial charge on any atom is 0.308 e. The molecule has 0 aliphatic carbocycles. The van der Waals surface area contributed by atoms with Crippen molar-refractivity contribution < 1.29 is 14.7 Å². The summed E-state index contributed by atoms with van der Waals surface area (Å²) < 4.78 is 0. The van der Waals surface area contributed by atoms with Crippen molar-refractivity contribution in [2.75, 3.05) is 6.54 Å². The van der Waals surface area contributed by atoms with Crippen LogP contribution in [0.15, 0.2) is 17.5 Å². The number of carboxylic acids is 1. The molecule has 0 aromatic carbocycles. The molecule has 2 rings (SSSR count). The second kappa shape index (κ2) is 4.87. The van der Waals surface area contributed by atoms with Gasteiger partial charge in [0.1, 0.15) is 0 Å². The summed E-state index contributed by atoms with van der Waals surface area (Å²) in [4.78, 5) is 25.6. The monoisotopic (exact) mass is 253 g/mol. The number of hydrogen-bond acceptors (Lipinski definition) is 3. The van der Waals surface area contributed by atoms with Gasteiger partial charge in [0.05, 0.1) is 12.0 Å². The molecule has 1 aromatic heterocycles. The average molecular weight is 253 g/mol. The molecule has 17 heavy (non-hydrogen) atoms. The number of likely N-dealkylation sites (tertiary alicyclic amines) is 1. The third-order valence-corrected chi connectivity index (χ3v) is 4.12. The Bertz CT molecular complexity index is 415. The zero-order chi connectivity index (χ0) is 12.4. The number of amides is 1. The summed E-state index contributed by atoms with van der Waals surface area (Å²) in [5.74, 6) is -1.46. The number of aliphatic carboxylic acids is 1. The lowest BCUT2D eigenvalue weighted by atomic mass is 10.1. The van der Waals surface area contributed by atoms with Crippen molar-refractivity contribution in [1.82, 2.24) is 4.90 Å². The van der Waals surface area contributed by atoms with Crippen molar-refractivity contribution in [2.24, 2.45) is 5.92 Å². The van der Waals surface area contributed by atoms with E-state index in [2.05, 4.69) is 0 Å². The Morgan fingerprint density at radius 1 is 1.71 bits per heavy atom. The normalized spacial score (nSPS) is 21.8. The van der Waals surface area contributed by atoms with Crippen molar-refractivity contribution in [3.63, 3.8) is 0 Å². The molecule has 92 valence electrons. The van der Waals surface area contributed by atoms with Crippen LogP contribution in [0.2, 0.25) is 0 Å². The fourth-order valence-corrected chi connectivity index (χ4v) is 3.18. The fraction of sp³-hybridized carbons (Fsp3) is 0.500. The maximum atomic E-state index is 11.9. The molecule has 1 amide bonds. The summed E-state index contributed by atoms with van der Waals surface area (Å²) >= 11 is 1.61. The van der Waals surface area contributed by atoms with Gasteiger partial charge in [-0.2, -0.15) is 0 Å². The minimum atomic E-state index is -0.873. The van der Waals surface area contributed by atoms with E-state index in [1.54, 1.807) is 16.2 Å². The van der Waals surface area contributed by atoms with E-state index in [-0.39, 0.29) is 18.4 Å². The average Bonchev–Trinajstić information content (AvgIpc) is 2.90. The van der Waals surface area contributed by atoms with Crippen LogP contribution in [0.3, 0.4) is 0 Å². The van der Waals surface area contributed by atoms with E-state index in [4.69, 9.17) is 5.11 Å². The maximum absolute atomic E-state index is 11.9. The predicted octanol–water partition coefficient (Wildman–Crippen LogP) is 2.13. The number of hydrogen-bond donors (Lipinski definition) is 1. The zero-order valence-electron chi connectivity index (χ0n) is 9.63. The highest BCUT2D eigenvalue weighted by Crippen LogP contribution is 2.33. The molecule has 1 saturated heterocycles. The highest BCUT2D eigenvalue weighted by molar-refractivity contribution is 7.10. The first-order chi connectivity index (χ1) is 8.13. The summed E-state index contributed by atoms with van der Waals surface area (Å²) in [7, 11) is 0. The Hall–Kier alpha value is -1.36. The van der Waals surface area contributed by atoms with E-state index >= 15 is 0 Å². The molecule has 1 fully saturated rings.